The second-order valence-electron chi connectivity index (χ2n) is 5.40. The van der Waals surface area contributed by atoms with E-state index in [0.717, 1.165) is 25.3 Å². The maximum Gasteiger partial charge on any atom is 0.419 e. The van der Waals surface area contributed by atoms with Crippen molar-refractivity contribution < 1.29 is 13.2 Å². The van der Waals surface area contributed by atoms with Crippen LogP contribution in [-0.2, 0) is 6.18 Å². The molecule has 3 nitrogen and oxygen atoms in total. The molecule has 0 spiro atoms. The monoisotopic (exact) mass is 365 g/mol. The van der Waals surface area contributed by atoms with Gasteiger partial charge < -0.3 is 10.6 Å². The van der Waals surface area contributed by atoms with Crippen molar-refractivity contribution in [3.63, 3.8) is 0 Å². The fraction of sp³-hybridized carbons (Fsp3) is 0.643. The number of piperidine rings is 1. The molecule has 2 heterocycles. The molecule has 1 aromatic heterocycles. The lowest BCUT2D eigenvalue weighted by Gasteiger charge is -2.40. The smallest absolute Gasteiger partial charge is 0.352 e. The molecule has 0 amide bonds. The molecular weight excluding hydrogens is 347 g/mol. The molecule has 7 heteroatoms. The van der Waals surface area contributed by atoms with Crippen LogP contribution in [-0.4, -0.2) is 24.1 Å². The third-order valence-electron chi connectivity index (χ3n) is 4.08. The Morgan fingerprint density at radius 3 is 2.76 bits per heavy atom. The Bertz CT molecular complexity index is 493. The zero-order valence-electron chi connectivity index (χ0n) is 11.8. The van der Waals surface area contributed by atoms with Crippen LogP contribution in [0.5, 0.6) is 0 Å². The lowest BCUT2D eigenvalue weighted by atomic mass is 9.88. The molecule has 2 atom stereocenters. The molecule has 1 fully saturated rings. The van der Waals surface area contributed by atoms with Crippen LogP contribution >= 0.6 is 15.9 Å². The predicted octanol–water partition coefficient (Wildman–Crippen LogP) is 3.82. The van der Waals surface area contributed by atoms with Crippen molar-refractivity contribution >= 4 is 21.7 Å². The predicted molar refractivity (Wildman–Crippen MR) is 80.1 cm³/mol. The third-order valence-corrected chi connectivity index (χ3v) is 4.52. The van der Waals surface area contributed by atoms with Gasteiger partial charge in [0.05, 0.1) is 5.56 Å². The SMILES string of the molecule is CCC1CCN(c2ncc(Br)cc2C(F)(F)F)C(CN)C1. The maximum absolute atomic E-state index is 13.2. The Labute approximate surface area is 130 Å². The summed E-state index contributed by atoms with van der Waals surface area (Å²) in [7, 11) is 0. The van der Waals surface area contributed by atoms with Crippen LogP contribution < -0.4 is 10.6 Å². The molecule has 0 bridgehead atoms. The molecule has 2 N–H and O–H groups in total. The van der Waals surface area contributed by atoms with E-state index in [-0.39, 0.29) is 11.9 Å². The molecular formula is C14H19BrF3N3. The summed E-state index contributed by atoms with van der Waals surface area (Å²) >= 11 is 3.06. The average Bonchev–Trinajstić information content (AvgIpc) is 2.45. The number of hydrogen-bond donors (Lipinski definition) is 1. The van der Waals surface area contributed by atoms with Gasteiger partial charge in [-0.25, -0.2) is 4.98 Å². The molecule has 1 aliphatic heterocycles. The van der Waals surface area contributed by atoms with Crippen LogP contribution in [0.25, 0.3) is 0 Å². The Morgan fingerprint density at radius 1 is 1.48 bits per heavy atom. The molecule has 1 aromatic rings. The fourth-order valence-corrected chi connectivity index (χ4v) is 3.21. The first-order chi connectivity index (χ1) is 9.86. The van der Waals surface area contributed by atoms with E-state index in [1.807, 2.05) is 0 Å². The number of alkyl halides is 3. The minimum atomic E-state index is -4.42. The number of nitrogens with two attached hydrogens (primary N) is 1. The van der Waals surface area contributed by atoms with E-state index in [0.29, 0.717) is 23.5 Å². The minimum Gasteiger partial charge on any atom is -0.352 e. The summed E-state index contributed by atoms with van der Waals surface area (Å²) in [4.78, 5) is 5.74. The van der Waals surface area contributed by atoms with E-state index < -0.39 is 11.7 Å². The molecule has 1 saturated heterocycles. The zero-order valence-corrected chi connectivity index (χ0v) is 13.4. The standard InChI is InChI=1S/C14H19BrF3N3/c1-2-9-3-4-21(11(5-9)7-19)13-12(14(16,17)18)6-10(15)8-20-13/h6,8-9,11H,2-5,7,19H2,1H3. The summed E-state index contributed by atoms with van der Waals surface area (Å²) in [6.07, 6.45) is -0.286. The summed E-state index contributed by atoms with van der Waals surface area (Å²) in [5.74, 6) is 0.523. The van der Waals surface area contributed by atoms with Crippen LogP contribution in [0.1, 0.15) is 31.7 Å². The molecule has 1 aliphatic rings. The molecule has 21 heavy (non-hydrogen) atoms. The number of halogens is 4. The highest BCUT2D eigenvalue weighted by atomic mass is 79.9. The topological polar surface area (TPSA) is 42.2 Å². The summed E-state index contributed by atoms with van der Waals surface area (Å²) in [6, 6.07) is 1.00. The number of hydrogen-bond acceptors (Lipinski definition) is 3. The lowest BCUT2D eigenvalue weighted by molar-refractivity contribution is -0.137. The van der Waals surface area contributed by atoms with Gasteiger partial charge in [0.25, 0.3) is 0 Å². The van der Waals surface area contributed by atoms with Gasteiger partial charge in [0, 0.05) is 29.8 Å². The van der Waals surface area contributed by atoms with Crippen molar-refractivity contribution in [3.05, 3.63) is 22.3 Å². The molecule has 2 rings (SSSR count). The second-order valence-corrected chi connectivity index (χ2v) is 6.32. The molecule has 0 aromatic carbocycles. The van der Waals surface area contributed by atoms with Crippen molar-refractivity contribution in [3.8, 4) is 0 Å². The summed E-state index contributed by atoms with van der Waals surface area (Å²) < 4.78 is 40.0. The van der Waals surface area contributed by atoms with Crippen molar-refractivity contribution in [2.24, 2.45) is 11.7 Å². The van der Waals surface area contributed by atoms with E-state index in [1.165, 1.54) is 6.20 Å². The van der Waals surface area contributed by atoms with Crippen LogP contribution in [0.3, 0.4) is 0 Å². The number of pyridine rings is 1. The number of aromatic nitrogens is 1. The summed E-state index contributed by atoms with van der Waals surface area (Å²) in [5.41, 5.74) is 5.07. The molecule has 0 radical (unpaired) electrons. The Hall–Kier alpha value is -0.820. The average molecular weight is 366 g/mol. The third kappa shape index (κ3) is 3.69. The molecule has 0 saturated carbocycles. The van der Waals surface area contributed by atoms with Crippen molar-refractivity contribution in [1.29, 1.82) is 0 Å². The quantitative estimate of drug-likeness (QED) is 0.885. The number of rotatable bonds is 3. The summed E-state index contributed by atoms with van der Waals surface area (Å²) in [5, 5.41) is 0. The first-order valence-corrected chi connectivity index (χ1v) is 7.85. The fourth-order valence-electron chi connectivity index (χ4n) is 2.88. The van der Waals surface area contributed by atoms with Crippen LogP contribution in [0.15, 0.2) is 16.7 Å². The Kier molecular flexibility index (Phi) is 5.14. The van der Waals surface area contributed by atoms with Gasteiger partial charge in [-0.2, -0.15) is 13.2 Å². The van der Waals surface area contributed by atoms with Gasteiger partial charge in [0.2, 0.25) is 0 Å². The Morgan fingerprint density at radius 2 is 2.19 bits per heavy atom. The minimum absolute atomic E-state index is 0.00398. The molecule has 0 aliphatic carbocycles. The normalized spacial score (nSPS) is 23.4. The van der Waals surface area contributed by atoms with Crippen LogP contribution in [0.2, 0.25) is 0 Å². The summed E-state index contributed by atoms with van der Waals surface area (Å²) in [6.45, 7) is 3.01. The molecule has 2 unspecified atom stereocenters. The first kappa shape index (κ1) is 16.5. The van der Waals surface area contributed by atoms with Gasteiger partial charge in [-0.3, -0.25) is 0 Å². The largest absolute Gasteiger partial charge is 0.419 e. The first-order valence-electron chi connectivity index (χ1n) is 7.06. The molecule has 118 valence electrons. The number of anilines is 1. The van der Waals surface area contributed by atoms with E-state index >= 15 is 0 Å². The van der Waals surface area contributed by atoms with Gasteiger partial charge in [-0.1, -0.05) is 13.3 Å². The highest BCUT2D eigenvalue weighted by molar-refractivity contribution is 9.10. The van der Waals surface area contributed by atoms with Gasteiger partial charge in [-0.15, -0.1) is 0 Å². The highest BCUT2D eigenvalue weighted by Crippen LogP contribution is 2.39. The second kappa shape index (κ2) is 6.52. The van der Waals surface area contributed by atoms with E-state index in [1.54, 1.807) is 4.90 Å². The van der Waals surface area contributed by atoms with E-state index in [2.05, 4.69) is 27.8 Å². The van der Waals surface area contributed by atoms with Gasteiger partial charge in [-0.05, 0) is 40.8 Å². The van der Waals surface area contributed by atoms with Gasteiger partial charge in [0.15, 0.2) is 0 Å². The van der Waals surface area contributed by atoms with E-state index in [4.69, 9.17) is 5.73 Å². The van der Waals surface area contributed by atoms with Gasteiger partial charge in [0.1, 0.15) is 5.82 Å². The van der Waals surface area contributed by atoms with Crippen molar-refractivity contribution in [2.45, 2.75) is 38.4 Å². The van der Waals surface area contributed by atoms with Crippen LogP contribution in [0.4, 0.5) is 19.0 Å². The van der Waals surface area contributed by atoms with Crippen molar-refractivity contribution in [2.75, 3.05) is 18.0 Å². The van der Waals surface area contributed by atoms with E-state index in [9.17, 15) is 13.2 Å². The van der Waals surface area contributed by atoms with Crippen LogP contribution in [0, 0.1) is 5.92 Å². The van der Waals surface area contributed by atoms with Crippen molar-refractivity contribution in [1.82, 2.24) is 4.98 Å². The van der Waals surface area contributed by atoms with Gasteiger partial charge >= 0.3 is 6.18 Å². The lowest BCUT2D eigenvalue weighted by Crippen LogP contribution is -2.47. The number of nitrogens with zero attached hydrogens (tertiary/aromatic N) is 2. The zero-order chi connectivity index (χ0) is 15.6. The maximum atomic E-state index is 13.2. The highest BCUT2D eigenvalue weighted by Gasteiger charge is 2.38. The Balaban J connectivity index is 2.37.